The Labute approximate surface area is 101 Å². The molecule has 0 bridgehead atoms. The van der Waals surface area contributed by atoms with Crippen LogP contribution < -0.4 is 5.73 Å². The zero-order valence-corrected chi connectivity index (χ0v) is 9.94. The Kier molecular flexibility index (Phi) is 3.01. The number of carbonyl (C=O) groups is 1. The smallest absolute Gasteiger partial charge is 0.195 e. The SMILES string of the molecule is Nc1cc(Br)ccc1C(=O)c1ccncc1. The molecule has 2 aromatic rings. The van der Waals surface area contributed by atoms with E-state index >= 15 is 0 Å². The average Bonchev–Trinajstić information content (AvgIpc) is 2.29. The third-order valence-corrected chi connectivity index (χ3v) is 2.69. The first-order valence-electron chi connectivity index (χ1n) is 4.68. The maximum Gasteiger partial charge on any atom is 0.195 e. The number of nitrogen functional groups attached to an aromatic ring is 1. The molecule has 0 atom stereocenters. The Hall–Kier alpha value is -1.68. The molecular weight excluding hydrogens is 268 g/mol. The summed E-state index contributed by atoms with van der Waals surface area (Å²) in [5.41, 5.74) is 7.36. The monoisotopic (exact) mass is 276 g/mol. The highest BCUT2D eigenvalue weighted by Crippen LogP contribution is 2.21. The van der Waals surface area contributed by atoms with Gasteiger partial charge < -0.3 is 5.73 Å². The van der Waals surface area contributed by atoms with Crippen molar-refractivity contribution in [3.05, 3.63) is 58.3 Å². The fraction of sp³-hybridized carbons (Fsp3) is 0. The van der Waals surface area contributed by atoms with Gasteiger partial charge in [0.15, 0.2) is 5.78 Å². The second kappa shape index (κ2) is 4.45. The number of hydrogen-bond acceptors (Lipinski definition) is 3. The summed E-state index contributed by atoms with van der Waals surface area (Å²) in [6.07, 6.45) is 3.17. The molecule has 16 heavy (non-hydrogen) atoms. The van der Waals surface area contributed by atoms with Crippen LogP contribution in [0.1, 0.15) is 15.9 Å². The molecule has 0 radical (unpaired) electrons. The van der Waals surface area contributed by atoms with Gasteiger partial charge in [0.25, 0.3) is 0 Å². The molecule has 0 aliphatic heterocycles. The minimum absolute atomic E-state index is 0.0904. The molecule has 0 saturated carbocycles. The summed E-state index contributed by atoms with van der Waals surface area (Å²) in [5, 5.41) is 0. The number of aromatic nitrogens is 1. The standard InChI is InChI=1S/C12H9BrN2O/c13-9-1-2-10(11(14)7-9)12(16)8-3-5-15-6-4-8/h1-7H,14H2. The predicted octanol–water partition coefficient (Wildman–Crippen LogP) is 2.66. The Bertz CT molecular complexity index is 526. The topological polar surface area (TPSA) is 56.0 Å². The molecule has 2 N–H and O–H groups in total. The van der Waals surface area contributed by atoms with Gasteiger partial charge in [-0.3, -0.25) is 9.78 Å². The first-order valence-corrected chi connectivity index (χ1v) is 5.47. The molecule has 0 unspecified atom stereocenters. The normalized spacial score (nSPS) is 10.1. The van der Waals surface area contributed by atoms with Gasteiger partial charge in [0.2, 0.25) is 0 Å². The number of benzene rings is 1. The summed E-state index contributed by atoms with van der Waals surface area (Å²) in [4.78, 5) is 15.9. The molecule has 4 heteroatoms. The maximum absolute atomic E-state index is 12.1. The second-order valence-electron chi connectivity index (χ2n) is 3.30. The van der Waals surface area contributed by atoms with Crippen molar-refractivity contribution in [3.8, 4) is 0 Å². The fourth-order valence-electron chi connectivity index (χ4n) is 1.40. The van der Waals surface area contributed by atoms with Gasteiger partial charge in [-0.1, -0.05) is 15.9 Å². The molecular formula is C12H9BrN2O. The van der Waals surface area contributed by atoms with Crippen LogP contribution in [0, 0.1) is 0 Å². The van der Waals surface area contributed by atoms with Gasteiger partial charge >= 0.3 is 0 Å². The van der Waals surface area contributed by atoms with E-state index in [0.717, 1.165) is 4.47 Å². The average molecular weight is 277 g/mol. The number of carbonyl (C=O) groups excluding carboxylic acids is 1. The van der Waals surface area contributed by atoms with Crippen LogP contribution in [0.2, 0.25) is 0 Å². The van der Waals surface area contributed by atoms with E-state index in [2.05, 4.69) is 20.9 Å². The van der Waals surface area contributed by atoms with E-state index in [-0.39, 0.29) is 5.78 Å². The lowest BCUT2D eigenvalue weighted by molar-refractivity contribution is 0.103. The van der Waals surface area contributed by atoms with Crippen LogP contribution in [-0.2, 0) is 0 Å². The van der Waals surface area contributed by atoms with Gasteiger partial charge in [-0.2, -0.15) is 0 Å². The summed E-state index contributed by atoms with van der Waals surface area (Å²) in [6.45, 7) is 0. The minimum atomic E-state index is -0.0904. The van der Waals surface area contributed by atoms with Crippen molar-refractivity contribution in [2.24, 2.45) is 0 Å². The summed E-state index contributed by atoms with van der Waals surface area (Å²) in [6, 6.07) is 8.56. The molecule has 0 spiro atoms. The molecule has 1 aromatic carbocycles. The number of halogens is 1. The first-order chi connectivity index (χ1) is 7.68. The van der Waals surface area contributed by atoms with E-state index in [0.29, 0.717) is 16.8 Å². The first kappa shape index (κ1) is 10.8. The zero-order valence-electron chi connectivity index (χ0n) is 8.35. The Balaban J connectivity index is 2.42. The van der Waals surface area contributed by atoms with Gasteiger partial charge in [-0.05, 0) is 30.3 Å². The number of anilines is 1. The predicted molar refractivity (Wildman–Crippen MR) is 66.2 cm³/mol. The van der Waals surface area contributed by atoms with E-state index in [4.69, 9.17) is 5.73 Å². The van der Waals surface area contributed by atoms with Crippen molar-refractivity contribution in [2.45, 2.75) is 0 Å². The van der Waals surface area contributed by atoms with Gasteiger partial charge in [-0.15, -0.1) is 0 Å². The molecule has 3 nitrogen and oxygen atoms in total. The van der Waals surface area contributed by atoms with Crippen molar-refractivity contribution in [2.75, 3.05) is 5.73 Å². The quantitative estimate of drug-likeness (QED) is 0.678. The lowest BCUT2D eigenvalue weighted by Crippen LogP contribution is -2.05. The molecule has 0 fully saturated rings. The third-order valence-electron chi connectivity index (χ3n) is 2.20. The highest BCUT2D eigenvalue weighted by Gasteiger charge is 2.11. The van der Waals surface area contributed by atoms with Crippen molar-refractivity contribution < 1.29 is 4.79 Å². The highest BCUT2D eigenvalue weighted by molar-refractivity contribution is 9.10. The van der Waals surface area contributed by atoms with Crippen molar-refractivity contribution in [1.82, 2.24) is 4.98 Å². The van der Waals surface area contributed by atoms with Gasteiger partial charge in [0, 0.05) is 33.7 Å². The minimum Gasteiger partial charge on any atom is -0.398 e. The number of hydrogen-bond donors (Lipinski definition) is 1. The van der Waals surface area contributed by atoms with E-state index in [1.165, 1.54) is 0 Å². The van der Waals surface area contributed by atoms with E-state index in [1.807, 2.05) is 0 Å². The molecule has 80 valence electrons. The molecule has 2 rings (SSSR count). The fourth-order valence-corrected chi connectivity index (χ4v) is 1.78. The van der Waals surface area contributed by atoms with Crippen LogP contribution in [0.25, 0.3) is 0 Å². The van der Waals surface area contributed by atoms with E-state index < -0.39 is 0 Å². The number of ketones is 1. The Morgan fingerprint density at radius 2 is 1.88 bits per heavy atom. The van der Waals surface area contributed by atoms with Crippen molar-refractivity contribution >= 4 is 27.4 Å². The van der Waals surface area contributed by atoms with Crippen LogP contribution in [0.3, 0.4) is 0 Å². The van der Waals surface area contributed by atoms with Crippen LogP contribution in [0.4, 0.5) is 5.69 Å². The maximum atomic E-state index is 12.1. The number of pyridine rings is 1. The summed E-state index contributed by atoms with van der Waals surface area (Å²) < 4.78 is 0.858. The van der Waals surface area contributed by atoms with Gasteiger partial charge in [0.1, 0.15) is 0 Å². The molecule has 0 aliphatic rings. The zero-order chi connectivity index (χ0) is 11.5. The third kappa shape index (κ3) is 2.12. The van der Waals surface area contributed by atoms with Gasteiger partial charge in [-0.25, -0.2) is 0 Å². The number of nitrogens with zero attached hydrogens (tertiary/aromatic N) is 1. The molecule has 0 aliphatic carbocycles. The Morgan fingerprint density at radius 1 is 1.19 bits per heavy atom. The van der Waals surface area contributed by atoms with E-state index in [1.54, 1.807) is 42.7 Å². The number of rotatable bonds is 2. The van der Waals surface area contributed by atoms with Crippen molar-refractivity contribution in [3.63, 3.8) is 0 Å². The molecule has 1 aromatic heterocycles. The molecule has 0 amide bonds. The molecule has 1 heterocycles. The molecule has 0 saturated heterocycles. The second-order valence-corrected chi connectivity index (χ2v) is 4.21. The van der Waals surface area contributed by atoms with Crippen molar-refractivity contribution in [1.29, 1.82) is 0 Å². The number of nitrogens with two attached hydrogens (primary N) is 1. The lowest BCUT2D eigenvalue weighted by Gasteiger charge is -2.04. The van der Waals surface area contributed by atoms with Crippen LogP contribution in [-0.4, -0.2) is 10.8 Å². The van der Waals surface area contributed by atoms with E-state index in [9.17, 15) is 4.79 Å². The Morgan fingerprint density at radius 3 is 2.50 bits per heavy atom. The summed E-state index contributed by atoms with van der Waals surface area (Å²) in [7, 11) is 0. The highest BCUT2D eigenvalue weighted by atomic mass is 79.9. The largest absolute Gasteiger partial charge is 0.398 e. The van der Waals surface area contributed by atoms with Crippen LogP contribution in [0.15, 0.2) is 47.2 Å². The van der Waals surface area contributed by atoms with Gasteiger partial charge in [0.05, 0.1) is 0 Å². The lowest BCUT2D eigenvalue weighted by atomic mass is 10.0. The summed E-state index contributed by atoms with van der Waals surface area (Å²) in [5.74, 6) is -0.0904. The summed E-state index contributed by atoms with van der Waals surface area (Å²) >= 11 is 3.30. The van der Waals surface area contributed by atoms with Crippen LogP contribution in [0.5, 0.6) is 0 Å². The van der Waals surface area contributed by atoms with Crippen LogP contribution >= 0.6 is 15.9 Å².